The van der Waals surface area contributed by atoms with E-state index < -0.39 is 10.0 Å². The number of imidazole rings is 1. The zero-order valence-electron chi connectivity index (χ0n) is 14.2. The number of hydrogen-bond donors (Lipinski definition) is 2. The Kier molecular flexibility index (Phi) is 5.61. The van der Waals surface area contributed by atoms with Crippen LogP contribution in [-0.4, -0.2) is 29.9 Å². The summed E-state index contributed by atoms with van der Waals surface area (Å²) in [5, 5.41) is 8.04. The molecule has 0 saturated carbocycles. The molecule has 132 valence electrons. The molecule has 1 heterocycles. The molecule has 0 unspecified atom stereocenters. The first-order valence-electron chi connectivity index (χ1n) is 8.03. The molecule has 1 aromatic carbocycles. The second-order valence-corrected chi connectivity index (χ2v) is 7.66. The molecule has 24 heavy (non-hydrogen) atoms. The highest BCUT2D eigenvalue weighted by atomic mass is 32.2. The predicted molar refractivity (Wildman–Crippen MR) is 93.0 cm³/mol. The summed E-state index contributed by atoms with van der Waals surface area (Å²) >= 11 is 0. The van der Waals surface area contributed by atoms with E-state index in [1.165, 1.54) is 12.1 Å². The summed E-state index contributed by atoms with van der Waals surface area (Å²) < 4.78 is 25.0. The monoisotopic (exact) mass is 352 g/mol. The van der Waals surface area contributed by atoms with Gasteiger partial charge in [0.2, 0.25) is 15.9 Å². The number of sulfonamides is 1. The lowest BCUT2D eigenvalue weighted by Gasteiger charge is -2.10. The van der Waals surface area contributed by atoms with Gasteiger partial charge in [-0.25, -0.2) is 18.5 Å². The van der Waals surface area contributed by atoms with Gasteiger partial charge in [-0.2, -0.15) is 0 Å². The minimum absolute atomic E-state index is 0.0228. The van der Waals surface area contributed by atoms with Crippen LogP contribution in [0.25, 0.3) is 11.0 Å². The maximum Gasteiger partial charge on any atom is 0.238 e. The summed E-state index contributed by atoms with van der Waals surface area (Å²) in [6.07, 6.45) is 1.75. The van der Waals surface area contributed by atoms with Crippen molar-refractivity contribution in [1.82, 2.24) is 14.9 Å². The van der Waals surface area contributed by atoms with Gasteiger partial charge >= 0.3 is 0 Å². The van der Waals surface area contributed by atoms with Crippen molar-refractivity contribution in [1.29, 1.82) is 0 Å². The van der Waals surface area contributed by atoms with Crippen molar-refractivity contribution in [3.05, 3.63) is 24.0 Å². The van der Waals surface area contributed by atoms with Crippen molar-refractivity contribution in [3.63, 3.8) is 0 Å². The van der Waals surface area contributed by atoms with Crippen LogP contribution in [0.2, 0.25) is 0 Å². The summed E-state index contributed by atoms with van der Waals surface area (Å²) in [6, 6.07) is 4.79. The van der Waals surface area contributed by atoms with Crippen LogP contribution in [0.1, 0.15) is 39.4 Å². The number of nitrogens with one attached hydrogen (secondary N) is 1. The molecule has 0 spiro atoms. The fraction of sp³-hybridized carbons (Fsp3) is 0.500. The van der Waals surface area contributed by atoms with Crippen molar-refractivity contribution in [2.24, 2.45) is 5.14 Å². The second-order valence-electron chi connectivity index (χ2n) is 6.10. The standard InChI is InChI=1S/C16H24N4O3S/c1-4-9-20-14-6-5-12(24(17,22)23)10-13(14)19-15(20)7-8-16(21)18-11(2)3/h5-6,10-11H,4,7-9H2,1-3H3,(H,18,21)(H2,17,22,23). The van der Waals surface area contributed by atoms with E-state index in [2.05, 4.69) is 17.2 Å². The molecule has 0 bridgehead atoms. The molecule has 3 N–H and O–H groups in total. The van der Waals surface area contributed by atoms with Crippen LogP contribution in [0, 0.1) is 0 Å². The lowest BCUT2D eigenvalue weighted by molar-refractivity contribution is -0.121. The molecule has 7 nitrogen and oxygen atoms in total. The first-order chi connectivity index (χ1) is 11.2. The lowest BCUT2D eigenvalue weighted by atomic mass is 10.2. The number of hydrogen-bond acceptors (Lipinski definition) is 4. The second kappa shape index (κ2) is 7.31. The number of carbonyl (C=O) groups is 1. The SMILES string of the molecule is CCCn1c(CCC(=O)NC(C)C)nc2cc(S(N)(=O)=O)ccc21. The van der Waals surface area contributed by atoms with Gasteiger partial charge in [0.25, 0.3) is 0 Å². The number of benzene rings is 1. The Bertz CT molecular complexity index is 840. The Morgan fingerprint density at radius 3 is 2.67 bits per heavy atom. The minimum atomic E-state index is -3.76. The third kappa shape index (κ3) is 4.33. The number of aromatic nitrogens is 2. The van der Waals surface area contributed by atoms with Gasteiger partial charge in [-0.15, -0.1) is 0 Å². The average molecular weight is 352 g/mol. The van der Waals surface area contributed by atoms with Crippen LogP contribution in [-0.2, 0) is 27.8 Å². The third-order valence-corrected chi connectivity index (χ3v) is 4.51. The van der Waals surface area contributed by atoms with Crippen molar-refractivity contribution in [2.75, 3.05) is 0 Å². The zero-order chi connectivity index (χ0) is 17.9. The molecular formula is C16H24N4O3S. The Balaban J connectivity index is 2.34. The lowest BCUT2D eigenvalue weighted by Crippen LogP contribution is -2.30. The molecule has 2 rings (SSSR count). The van der Waals surface area contributed by atoms with E-state index in [1.807, 2.05) is 18.4 Å². The fourth-order valence-corrected chi connectivity index (χ4v) is 3.15. The quantitative estimate of drug-likeness (QED) is 0.788. The highest BCUT2D eigenvalue weighted by molar-refractivity contribution is 7.89. The van der Waals surface area contributed by atoms with Gasteiger partial charge in [-0.1, -0.05) is 6.92 Å². The Morgan fingerprint density at radius 1 is 1.38 bits per heavy atom. The van der Waals surface area contributed by atoms with Crippen molar-refractivity contribution in [3.8, 4) is 0 Å². The largest absolute Gasteiger partial charge is 0.354 e. The zero-order valence-corrected chi connectivity index (χ0v) is 15.1. The predicted octanol–water partition coefficient (Wildman–Crippen LogP) is 1.55. The highest BCUT2D eigenvalue weighted by Gasteiger charge is 2.15. The van der Waals surface area contributed by atoms with Crippen LogP contribution in [0.3, 0.4) is 0 Å². The molecule has 0 aliphatic rings. The van der Waals surface area contributed by atoms with Gasteiger partial charge < -0.3 is 9.88 Å². The molecule has 1 aromatic heterocycles. The van der Waals surface area contributed by atoms with E-state index in [0.717, 1.165) is 24.3 Å². The molecule has 0 atom stereocenters. The summed E-state index contributed by atoms with van der Waals surface area (Å²) in [6.45, 7) is 6.64. The van der Waals surface area contributed by atoms with E-state index in [4.69, 9.17) is 5.14 Å². The summed E-state index contributed by atoms with van der Waals surface area (Å²) in [5.41, 5.74) is 1.43. The maximum absolute atomic E-state index is 11.9. The molecule has 0 saturated heterocycles. The van der Waals surface area contributed by atoms with Crippen molar-refractivity contribution < 1.29 is 13.2 Å². The number of nitrogens with two attached hydrogens (primary N) is 1. The van der Waals surface area contributed by atoms with Gasteiger partial charge in [0.15, 0.2) is 0 Å². The Morgan fingerprint density at radius 2 is 2.08 bits per heavy atom. The number of amides is 1. The third-order valence-electron chi connectivity index (χ3n) is 3.60. The van der Waals surface area contributed by atoms with Gasteiger partial charge in [-0.3, -0.25) is 4.79 Å². The molecule has 8 heteroatoms. The van der Waals surface area contributed by atoms with E-state index in [9.17, 15) is 13.2 Å². The van der Waals surface area contributed by atoms with Gasteiger partial charge in [-0.05, 0) is 38.5 Å². The number of aryl methyl sites for hydroxylation is 2. The minimum Gasteiger partial charge on any atom is -0.354 e. The smallest absolute Gasteiger partial charge is 0.238 e. The fourth-order valence-electron chi connectivity index (χ4n) is 2.62. The summed E-state index contributed by atoms with van der Waals surface area (Å²) in [4.78, 5) is 16.4. The Hall–Kier alpha value is -1.93. The summed E-state index contributed by atoms with van der Waals surface area (Å²) in [7, 11) is -3.76. The molecule has 0 aliphatic carbocycles. The van der Waals surface area contributed by atoms with Crippen LogP contribution < -0.4 is 10.5 Å². The van der Waals surface area contributed by atoms with Gasteiger partial charge in [0.1, 0.15) is 5.82 Å². The highest BCUT2D eigenvalue weighted by Crippen LogP contribution is 2.21. The van der Waals surface area contributed by atoms with E-state index in [-0.39, 0.29) is 16.8 Å². The number of fused-ring (bicyclic) bond motifs is 1. The first kappa shape index (κ1) is 18.4. The molecule has 2 aromatic rings. The Labute approximate surface area is 142 Å². The number of carbonyl (C=O) groups excluding carboxylic acids is 1. The van der Waals surface area contributed by atoms with Gasteiger partial charge in [0.05, 0.1) is 15.9 Å². The van der Waals surface area contributed by atoms with E-state index in [1.54, 1.807) is 6.07 Å². The van der Waals surface area contributed by atoms with E-state index >= 15 is 0 Å². The normalized spacial score (nSPS) is 12.0. The van der Waals surface area contributed by atoms with Crippen molar-refractivity contribution >= 4 is 27.0 Å². The first-order valence-corrected chi connectivity index (χ1v) is 9.58. The van der Waals surface area contributed by atoms with Gasteiger partial charge in [0, 0.05) is 25.4 Å². The molecular weight excluding hydrogens is 328 g/mol. The van der Waals surface area contributed by atoms with E-state index in [0.29, 0.717) is 18.4 Å². The number of rotatable bonds is 7. The number of primary sulfonamides is 1. The van der Waals surface area contributed by atoms with Crippen molar-refractivity contribution in [2.45, 2.75) is 57.5 Å². The van der Waals surface area contributed by atoms with Crippen LogP contribution in [0.15, 0.2) is 23.1 Å². The topological polar surface area (TPSA) is 107 Å². The average Bonchev–Trinajstić information content (AvgIpc) is 2.81. The van der Waals surface area contributed by atoms with Crippen LogP contribution in [0.5, 0.6) is 0 Å². The molecule has 0 radical (unpaired) electrons. The van der Waals surface area contributed by atoms with Crippen LogP contribution >= 0.6 is 0 Å². The molecule has 1 amide bonds. The molecule has 0 fully saturated rings. The maximum atomic E-state index is 11.9. The van der Waals surface area contributed by atoms with Crippen LogP contribution in [0.4, 0.5) is 0 Å². The molecule has 0 aliphatic heterocycles. The summed E-state index contributed by atoms with van der Waals surface area (Å²) in [5.74, 6) is 0.752. The number of nitrogens with zero attached hydrogens (tertiary/aromatic N) is 2.